The van der Waals surface area contributed by atoms with Crippen LogP contribution in [0.2, 0.25) is 5.02 Å². The molecule has 0 bridgehead atoms. The Balaban J connectivity index is 1.43. The molecule has 0 fully saturated rings. The molecular formula is C34H37ClN2O4S. The Bertz CT molecular complexity index is 1550. The van der Waals surface area contributed by atoms with Crippen molar-refractivity contribution in [3.63, 3.8) is 0 Å². The highest BCUT2D eigenvalue weighted by molar-refractivity contribution is 7.98. The molecular weight excluding hydrogens is 568 g/mol. The maximum absolute atomic E-state index is 11.2. The van der Waals surface area contributed by atoms with Crippen molar-refractivity contribution < 1.29 is 19.7 Å². The maximum Gasteiger partial charge on any atom is 0.314 e. The molecule has 0 saturated heterocycles. The van der Waals surface area contributed by atoms with E-state index in [2.05, 4.69) is 45.5 Å². The van der Waals surface area contributed by atoms with Gasteiger partial charge in [0.2, 0.25) is 0 Å². The third-order valence-corrected chi connectivity index (χ3v) is 8.31. The number of fused-ring (bicyclic) bond motifs is 1. The number of benzene rings is 3. The topological polar surface area (TPSA) is 92.5 Å². The van der Waals surface area contributed by atoms with Crippen LogP contribution in [0, 0.1) is 5.92 Å². The van der Waals surface area contributed by atoms with E-state index in [9.17, 15) is 9.90 Å². The van der Waals surface area contributed by atoms with E-state index < -0.39 is 11.9 Å². The highest BCUT2D eigenvalue weighted by Gasteiger charge is 2.20. The Hall–Kier alpha value is -3.55. The fourth-order valence-corrected chi connectivity index (χ4v) is 5.66. The van der Waals surface area contributed by atoms with Gasteiger partial charge < -0.3 is 14.9 Å². The van der Waals surface area contributed by atoms with Crippen LogP contribution in [0.3, 0.4) is 0 Å². The number of nitrogens with zero attached hydrogens (tertiary/aromatic N) is 2. The summed E-state index contributed by atoms with van der Waals surface area (Å²) in [6.45, 7) is 10.4. The van der Waals surface area contributed by atoms with Crippen LogP contribution in [0.25, 0.3) is 22.2 Å². The fraction of sp³-hybridized carbons (Fsp3) is 0.324. The lowest BCUT2D eigenvalue weighted by Gasteiger charge is -2.19. The molecule has 1 atom stereocenters. The average molecular weight is 605 g/mol. The highest BCUT2D eigenvalue weighted by atomic mass is 35.5. The molecule has 3 aromatic carbocycles. The minimum atomic E-state index is -1.04. The van der Waals surface area contributed by atoms with Gasteiger partial charge in [-0.3, -0.25) is 4.79 Å². The summed E-state index contributed by atoms with van der Waals surface area (Å²) in [5, 5.41) is 22.3. The number of aromatic nitrogens is 2. The number of halogens is 1. The number of aliphatic hydroxyl groups excluding tert-OH is 1. The molecule has 0 radical (unpaired) electrons. The van der Waals surface area contributed by atoms with Gasteiger partial charge >= 0.3 is 5.97 Å². The first kappa shape index (κ1) is 31.4. The third-order valence-electron chi connectivity index (χ3n) is 6.98. The van der Waals surface area contributed by atoms with Crippen LogP contribution < -0.4 is 4.74 Å². The number of carboxylic acids is 1. The number of aliphatic hydroxyl groups is 1. The Morgan fingerprint density at radius 1 is 0.976 bits per heavy atom. The van der Waals surface area contributed by atoms with Gasteiger partial charge in [0.25, 0.3) is 0 Å². The van der Waals surface area contributed by atoms with Gasteiger partial charge in [-0.2, -0.15) is 0 Å². The molecule has 1 aromatic heterocycles. The van der Waals surface area contributed by atoms with Crippen LogP contribution in [-0.4, -0.2) is 32.8 Å². The van der Waals surface area contributed by atoms with E-state index in [1.54, 1.807) is 11.8 Å². The van der Waals surface area contributed by atoms with Crippen molar-refractivity contribution >= 4 is 40.1 Å². The standard InChI is InChI=1S/C34H37ClN2O4S/c1-22(38)28(33(39)40)11-6-5-9-17-41-27-16-15-23-18-25(14-13-24(23)19-27)32-36-30(34(2,3)4)20-31(37-32)42-21-26-10-7-8-12-29(26)35/h7-8,10,12-16,18-20,28,38H,1,5-6,9,11,17,21H2,2-4H3,(H,39,40). The predicted octanol–water partition coefficient (Wildman–Crippen LogP) is 9.25. The predicted molar refractivity (Wildman–Crippen MR) is 172 cm³/mol. The number of carboxylic acid groups (broad SMARTS) is 1. The summed E-state index contributed by atoms with van der Waals surface area (Å²) in [5.74, 6) is -0.0376. The number of ether oxygens (including phenoxy) is 1. The van der Waals surface area contributed by atoms with Gasteiger partial charge in [-0.05, 0) is 59.5 Å². The zero-order valence-corrected chi connectivity index (χ0v) is 25.8. The van der Waals surface area contributed by atoms with Crippen LogP contribution >= 0.6 is 23.4 Å². The van der Waals surface area contributed by atoms with Crippen LogP contribution in [-0.2, 0) is 16.0 Å². The smallest absolute Gasteiger partial charge is 0.314 e. The summed E-state index contributed by atoms with van der Waals surface area (Å²) in [5.41, 5.74) is 2.88. The van der Waals surface area contributed by atoms with Gasteiger partial charge in [-0.1, -0.05) is 88.2 Å². The van der Waals surface area contributed by atoms with Crippen molar-refractivity contribution in [2.45, 2.75) is 62.6 Å². The van der Waals surface area contributed by atoms with Crippen LogP contribution in [0.5, 0.6) is 5.75 Å². The van der Waals surface area contributed by atoms with E-state index >= 15 is 0 Å². The lowest BCUT2D eigenvalue weighted by atomic mass is 9.92. The molecule has 0 saturated carbocycles. The molecule has 2 N–H and O–H groups in total. The summed E-state index contributed by atoms with van der Waals surface area (Å²) < 4.78 is 5.95. The summed E-state index contributed by atoms with van der Waals surface area (Å²) in [6, 6.07) is 22.2. The quantitative estimate of drug-likeness (QED) is 0.0680. The van der Waals surface area contributed by atoms with Crippen molar-refractivity contribution in [1.29, 1.82) is 0 Å². The fourth-order valence-electron chi connectivity index (χ4n) is 4.48. The molecule has 0 aliphatic heterocycles. The van der Waals surface area contributed by atoms with Crippen LogP contribution in [0.4, 0.5) is 0 Å². The number of aliphatic carboxylic acids is 1. The van der Waals surface area contributed by atoms with Gasteiger partial charge in [-0.15, -0.1) is 11.8 Å². The lowest BCUT2D eigenvalue weighted by Crippen LogP contribution is -2.15. The Kier molecular flexibility index (Phi) is 10.5. The SMILES string of the molecule is C=C(O)C(CCCCCOc1ccc2cc(-c3nc(SCc4ccccc4Cl)cc(C(C)(C)C)n3)ccc2c1)C(=O)O. The summed E-state index contributed by atoms with van der Waals surface area (Å²) in [7, 11) is 0. The van der Waals surface area contributed by atoms with Crippen molar-refractivity contribution in [3.05, 3.63) is 95.3 Å². The first-order valence-corrected chi connectivity index (χ1v) is 15.4. The molecule has 6 nitrogen and oxygen atoms in total. The van der Waals surface area contributed by atoms with Crippen molar-refractivity contribution in [2.24, 2.45) is 5.92 Å². The maximum atomic E-state index is 11.2. The summed E-state index contributed by atoms with van der Waals surface area (Å²) >= 11 is 8.04. The zero-order chi connectivity index (χ0) is 30.3. The molecule has 0 aliphatic rings. The zero-order valence-electron chi connectivity index (χ0n) is 24.3. The molecule has 1 unspecified atom stereocenters. The van der Waals surface area contributed by atoms with E-state index in [-0.39, 0.29) is 11.2 Å². The van der Waals surface area contributed by atoms with E-state index in [4.69, 9.17) is 31.4 Å². The normalized spacial score (nSPS) is 12.3. The molecule has 0 amide bonds. The Morgan fingerprint density at radius 2 is 1.71 bits per heavy atom. The van der Waals surface area contributed by atoms with Gasteiger partial charge in [0.1, 0.15) is 16.7 Å². The molecule has 0 aliphatic carbocycles. The molecule has 220 valence electrons. The summed E-state index contributed by atoms with van der Waals surface area (Å²) in [4.78, 5) is 21.0. The highest BCUT2D eigenvalue weighted by Crippen LogP contribution is 2.32. The van der Waals surface area contributed by atoms with E-state index in [0.717, 1.165) is 62.0 Å². The van der Waals surface area contributed by atoms with Gasteiger partial charge in [-0.25, -0.2) is 9.97 Å². The number of carbonyl (C=O) groups is 1. The number of hydrogen-bond acceptors (Lipinski definition) is 6. The van der Waals surface area contributed by atoms with E-state index in [1.165, 1.54) is 0 Å². The first-order valence-electron chi connectivity index (χ1n) is 14.0. The Labute approximate surface area is 256 Å². The molecule has 42 heavy (non-hydrogen) atoms. The molecule has 4 rings (SSSR count). The Morgan fingerprint density at radius 3 is 2.43 bits per heavy atom. The van der Waals surface area contributed by atoms with Crippen molar-refractivity contribution in [1.82, 2.24) is 9.97 Å². The van der Waals surface area contributed by atoms with Crippen molar-refractivity contribution in [2.75, 3.05) is 6.61 Å². The van der Waals surface area contributed by atoms with Gasteiger partial charge in [0.15, 0.2) is 5.82 Å². The first-order chi connectivity index (χ1) is 20.0. The van der Waals surface area contributed by atoms with E-state index in [1.807, 2.05) is 48.5 Å². The minimum absolute atomic E-state index is 0.133. The third kappa shape index (κ3) is 8.49. The second-order valence-electron chi connectivity index (χ2n) is 11.3. The molecule has 4 aromatic rings. The minimum Gasteiger partial charge on any atom is -0.512 e. The largest absolute Gasteiger partial charge is 0.512 e. The molecule has 8 heteroatoms. The monoisotopic (exact) mass is 604 g/mol. The number of thioether (sulfide) groups is 1. The number of unbranched alkanes of at least 4 members (excludes halogenated alkanes) is 2. The van der Waals surface area contributed by atoms with Crippen LogP contribution in [0.1, 0.15) is 57.7 Å². The molecule has 0 spiro atoms. The lowest BCUT2D eigenvalue weighted by molar-refractivity contribution is -0.141. The van der Waals surface area contributed by atoms with Gasteiger partial charge in [0.05, 0.1) is 18.1 Å². The van der Waals surface area contributed by atoms with Gasteiger partial charge in [0, 0.05) is 21.8 Å². The molecule has 1 heterocycles. The number of hydrogen-bond donors (Lipinski definition) is 2. The average Bonchev–Trinajstić information content (AvgIpc) is 2.95. The van der Waals surface area contributed by atoms with Crippen LogP contribution in [0.15, 0.2) is 84.1 Å². The number of rotatable bonds is 13. The van der Waals surface area contributed by atoms with Crippen molar-refractivity contribution in [3.8, 4) is 17.1 Å². The van der Waals surface area contributed by atoms with E-state index in [0.29, 0.717) is 25.3 Å². The summed E-state index contributed by atoms with van der Waals surface area (Å²) in [6.07, 6.45) is 2.64. The second kappa shape index (κ2) is 14.1. The second-order valence-corrected chi connectivity index (χ2v) is 12.8.